The maximum Gasteiger partial charge on any atom is 0.224 e. The van der Waals surface area contributed by atoms with Crippen LogP contribution in [0.5, 0.6) is 5.75 Å². The standard InChI is InChI=1S/C17H24N2O2S.ClH/c20-16-3-1-2-14(8-16)11-19(10-13-4-5-13)17(21)9-15-12-22-7-6-18-15;/h1-3,8,13,15,18,20H,4-7,9-12H2;1H. The predicted octanol–water partition coefficient (Wildman–Crippen LogP) is 2.65. The summed E-state index contributed by atoms with van der Waals surface area (Å²) >= 11 is 1.92. The number of rotatable bonds is 6. The van der Waals surface area contributed by atoms with Gasteiger partial charge in [0, 0.05) is 43.6 Å². The van der Waals surface area contributed by atoms with Crippen molar-refractivity contribution in [2.24, 2.45) is 5.92 Å². The Bertz CT molecular complexity index is 519. The summed E-state index contributed by atoms with van der Waals surface area (Å²) in [5.74, 6) is 3.33. The number of thioether (sulfide) groups is 1. The smallest absolute Gasteiger partial charge is 0.224 e. The van der Waals surface area contributed by atoms with Crippen LogP contribution in [0, 0.1) is 5.92 Å². The Morgan fingerprint density at radius 1 is 1.39 bits per heavy atom. The first-order valence-corrected chi connectivity index (χ1v) is 9.23. The first-order valence-electron chi connectivity index (χ1n) is 8.07. The van der Waals surface area contributed by atoms with Crippen LogP contribution < -0.4 is 5.32 Å². The lowest BCUT2D eigenvalue weighted by atomic mass is 10.1. The van der Waals surface area contributed by atoms with E-state index in [-0.39, 0.29) is 24.1 Å². The van der Waals surface area contributed by atoms with Gasteiger partial charge in [-0.1, -0.05) is 12.1 Å². The molecule has 128 valence electrons. The van der Waals surface area contributed by atoms with E-state index in [2.05, 4.69) is 5.32 Å². The van der Waals surface area contributed by atoms with Crippen molar-refractivity contribution in [3.8, 4) is 5.75 Å². The average molecular weight is 357 g/mol. The van der Waals surface area contributed by atoms with Crippen molar-refractivity contribution in [3.05, 3.63) is 29.8 Å². The largest absolute Gasteiger partial charge is 0.508 e. The summed E-state index contributed by atoms with van der Waals surface area (Å²) in [5.41, 5.74) is 1.000. The number of benzene rings is 1. The molecule has 1 heterocycles. The topological polar surface area (TPSA) is 52.6 Å². The minimum Gasteiger partial charge on any atom is -0.508 e. The zero-order valence-corrected chi connectivity index (χ0v) is 14.9. The Labute approximate surface area is 148 Å². The summed E-state index contributed by atoms with van der Waals surface area (Å²) < 4.78 is 0. The molecule has 1 aromatic carbocycles. The Balaban J connectivity index is 0.00000192. The molecule has 1 unspecified atom stereocenters. The van der Waals surface area contributed by atoms with Crippen LogP contribution in [0.4, 0.5) is 0 Å². The molecule has 0 radical (unpaired) electrons. The maximum atomic E-state index is 12.7. The highest BCUT2D eigenvalue weighted by Gasteiger charge is 2.28. The second-order valence-corrected chi connectivity index (χ2v) is 7.47. The second kappa shape index (κ2) is 8.81. The molecule has 1 aliphatic heterocycles. The van der Waals surface area contributed by atoms with E-state index in [0.717, 1.165) is 30.2 Å². The van der Waals surface area contributed by atoms with Crippen LogP contribution in [0.3, 0.4) is 0 Å². The Hall–Kier alpha value is -0.910. The molecular weight excluding hydrogens is 332 g/mol. The van der Waals surface area contributed by atoms with Gasteiger partial charge in [0.05, 0.1) is 0 Å². The van der Waals surface area contributed by atoms with Gasteiger partial charge in [0.2, 0.25) is 5.91 Å². The first kappa shape index (κ1) is 18.4. The minimum absolute atomic E-state index is 0. The molecule has 2 N–H and O–H groups in total. The second-order valence-electron chi connectivity index (χ2n) is 6.32. The number of hydrogen-bond acceptors (Lipinski definition) is 4. The molecule has 23 heavy (non-hydrogen) atoms. The number of aromatic hydroxyl groups is 1. The molecule has 3 rings (SSSR count). The quantitative estimate of drug-likeness (QED) is 0.822. The highest BCUT2D eigenvalue weighted by Crippen LogP contribution is 2.30. The van der Waals surface area contributed by atoms with Gasteiger partial charge in [0.1, 0.15) is 5.75 Å². The number of halogens is 1. The van der Waals surface area contributed by atoms with E-state index in [4.69, 9.17) is 0 Å². The van der Waals surface area contributed by atoms with Crippen LogP contribution in [0.25, 0.3) is 0 Å². The van der Waals surface area contributed by atoms with E-state index >= 15 is 0 Å². The van der Waals surface area contributed by atoms with E-state index < -0.39 is 0 Å². The number of carbonyl (C=O) groups is 1. The van der Waals surface area contributed by atoms with Gasteiger partial charge in [-0.2, -0.15) is 11.8 Å². The van der Waals surface area contributed by atoms with Crippen molar-refractivity contribution < 1.29 is 9.90 Å². The maximum absolute atomic E-state index is 12.7. The molecule has 2 aliphatic rings. The number of amides is 1. The number of nitrogens with one attached hydrogen (secondary N) is 1. The predicted molar refractivity (Wildman–Crippen MR) is 97.2 cm³/mol. The van der Waals surface area contributed by atoms with Gasteiger partial charge in [-0.05, 0) is 36.5 Å². The van der Waals surface area contributed by atoms with E-state index in [0.29, 0.717) is 24.9 Å². The molecule has 0 spiro atoms. The fourth-order valence-corrected chi connectivity index (χ4v) is 3.78. The van der Waals surface area contributed by atoms with Crippen molar-refractivity contribution in [3.63, 3.8) is 0 Å². The molecular formula is C17H25ClN2O2S. The number of hydrogen-bond donors (Lipinski definition) is 2. The number of carbonyl (C=O) groups excluding carboxylic acids is 1. The van der Waals surface area contributed by atoms with Crippen LogP contribution in [0.15, 0.2) is 24.3 Å². The van der Waals surface area contributed by atoms with E-state index in [1.165, 1.54) is 12.8 Å². The van der Waals surface area contributed by atoms with Gasteiger partial charge in [-0.25, -0.2) is 0 Å². The van der Waals surface area contributed by atoms with Gasteiger partial charge in [0.25, 0.3) is 0 Å². The van der Waals surface area contributed by atoms with Crippen molar-refractivity contribution in [2.75, 3.05) is 24.6 Å². The molecule has 1 amide bonds. The van der Waals surface area contributed by atoms with Crippen molar-refractivity contribution >= 4 is 30.1 Å². The fourth-order valence-electron chi connectivity index (χ4n) is 2.83. The van der Waals surface area contributed by atoms with Gasteiger partial charge in [-0.15, -0.1) is 12.4 Å². The molecule has 1 aromatic rings. The van der Waals surface area contributed by atoms with Gasteiger partial charge >= 0.3 is 0 Å². The molecule has 1 atom stereocenters. The molecule has 4 nitrogen and oxygen atoms in total. The van der Waals surface area contributed by atoms with Gasteiger partial charge in [-0.3, -0.25) is 4.79 Å². The zero-order chi connectivity index (χ0) is 15.4. The molecule has 1 saturated heterocycles. The summed E-state index contributed by atoms with van der Waals surface area (Å²) in [6.07, 6.45) is 3.06. The fraction of sp³-hybridized carbons (Fsp3) is 0.588. The number of nitrogens with zero attached hydrogens (tertiary/aromatic N) is 1. The third-order valence-electron chi connectivity index (χ3n) is 4.23. The Morgan fingerprint density at radius 2 is 2.22 bits per heavy atom. The normalized spacial score (nSPS) is 20.6. The van der Waals surface area contributed by atoms with E-state index in [1.807, 2.05) is 28.8 Å². The molecule has 2 fully saturated rings. The first-order chi connectivity index (χ1) is 10.7. The molecule has 6 heteroatoms. The van der Waals surface area contributed by atoms with Crippen molar-refractivity contribution in [2.45, 2.75) is 31.8 Å². The van der Waals surface area contributed by atoms with Crippen LogP contribution in [-0.4, -0.2) is 46.6 Å². The summed E-state index contributed by atoms with van der Waals surface area (Å²) in [7, 11) is 0. The third kappa shape index (κ3) is 5.90. The summed E-state index contributed by atoms with van der Waals surface area (Å²) in [5, 5.41) is 13.0. The average Bonchev–Trinajstić information content (AvgIpc) is 3.32. The van der Waals surface area contributed by atoms with Crippen molar-refractivity contribution in [1.82, 2.24) is 10.2 Å². The minimum atomic E-state index is 0. The molecule has 1 saturated carbocycles. The lowest BCUT2D eigenvalue weighted by Crippen LogP contribution is -2.43. The highest BCUT2D eigenvalue weighted by molar-refractivity contribution is 7.99. The van der Waals surface area contributed by atoms with Crippen LogP contribution >= 0.6 is 24.2 Å². The van der Waals surface area contributed by atoms with Crippen molar-refractivity contribution in [1.29, 1.82) is 0 Å². The molecule has 1 aliphatic carbocycles. The zero-order valence-electron chi connectivity index (χ0n) is 13.2. The Morgan fingerprint density at radius 3 is 2.87 bits per heavy atom. The monoisotopic (exact) mass is 356 g/mol. The van der Waals surface area contributed by atoms with Crippen LogP contribution in [0.2, 0.25) is 0 Å². The highest BCUT2D eigenvalue weighted by atomic mass is 35.5. The summed E-state index contributed by atoms with van der Waals surface area (Å²) in [6.45, 7) is 2.45. The lowest BCUT2D eigenvalue weighted by Gasteiger charge is -2.28. The lowest BCUT2D eigenvalue weighted by molar-refractivity contribution is -0.132. The van der Waals surface area contributed by atoms with Gasteiger partial charge in [0.15, 0.2) is 0 Å². The number of phenolic OH excluding ortho intramolecular Hbond substituents is 1. The molecule has 0 aromatic heterocycles. The SMILES string of the molecule is Cl.O=C(CC1CSCCN1)N(Cc1cccc(O)c1)CC1CC1. The van der Waals surface area contributed by atoms with Gasteiger partial charge < -0.3 is 15.3 Å². The van der Waals surface area contributed by atoms with E-state index in [9.17, 15) is 9.90 Å². The summed E-state index contributed by atoms with van der Waals surface area (Å²) in [4.78, 5) is 14.7. The third-order valence-corrected chi connectivity index (χ3v) is 5.36. The van der Waals surface area contributed by atoms with Crippen LogP contribution in [0.1, 0.15) is 24.8 Å². The Kier molecular flexibility index (Phi) is 7.06. The molecule has 0 bridgehead atoms. The number of phenols is 1. The summed E-state index contributed by atoms with van der Waals surface area (Å²) in [6, 6.07) is 7.53. The van der Waals surface area contributed by atoms with Crippen LogP contribution in [-0.2, 0) is 11.3 Å². The van der Waals surface area contributed by atoms with E-state index in [1.54, 1.807) is 12.1 Å².